The Balaban J connectivity index is 0.000000206. The summed E-state index contributed by atoms with van der Waals surface area (Å²) < 4.78 is 85.0. The van der Waals surface area contributed by atoms with E-state index in [2.05, 4.69) is 55.4 Å². The first kappa shape index (κ1) is 39.8. The Labute approximate surface area is 306 Å². The van der Waals surface area contributed by atoms with Crippen molar-refractivity contribution in [2.75, 3.05) is 16.2 Å². The van der Waals surface area contributed by atoms with Crippen molar-refractivity contribution in [2.24, 2.45) is 11.8 Å². The highest BCUT2D eigenvalue weighted by atomic mass is 32.2. The van der Waals surface area contributed by atoms with Gasteiger partial charge < -0.3 is 14.9 Å². The van der Waals surface area contributed by atoms with E-state index in [4.69, 9.17) is 15.7 Å². The number of aromatic nitrogens is 4. The van der Waals surface area contributed by atoms with Gasteiger partial charge in [-0.1, -0.05) is 48.5 Å². The van der Waals surface area contributed by atoms with Crippen molar-refractivity contribution in [3.05, 3.63) is 48.0 Å². The zero-order chi connectivity index (χ0) is 38.3. The van der Waals surface area contributed by atoms with Crippen molar-refractivity contribution in [3.8, 4) is 0 Å². The van der Waals surface area contributed by atoms with Crippen molar-refractivity contribution in [1.82, 2.24) is 19.1 Å². The second-order valence-corrected chi connectivity index (χ2v) is 18.9. The van der Waals surface area contributed by atoms with E-state index in [0.717, 1.165) is 34.7 Å². The molecule has 0 aliphatic heterocycles. The van der Waals surface area contributed by atoms with Crippen LogP contribution in [0.25, 0.3) is 22.1 Å². The molecule has 2 heterocycles. The Hall–Kier alpha value is -3.35. The first-order valence-electron chi connectivity index (χ1n) is 18.6. The minimum absolute atomic E-state index is 0.00208. The Kier molecular flexibility index (Phi) is 11.4. The number of hydrogen-bond donors (Lipinski definition) is 2. The number of nitrogens with zero attached hydrogens (tertiary/aromatic N) is 4. The Bertz CT molecular complexity index is 1950. The fourth-order valence-corrected chi connectivity index (χ4v) is 8.56. The molecule has 0 spiro atoms. The number of nitrogen functional groups attached to an aromatic ring is 1. The lowest BCUT2D eigenvalue weighted by molar-refractivity contribution is -0.0478. The molecule has 6 rings (SSSR count). The SMILES string of the molecule is CC(C)(C)c1nc2cc(N)ccc2n1CC1CCC(F)(F)CC1.CCCS(=O)(=O)Nc1ccc2c(c1)nc(C(C)(C)C)n2CC1CCC(F)(F)CC1. The van der Waals surface area contributed by atoms with E-state index in [1.807, 2.05) is 31.2 Å². The van der Waals surface area contributed by atoms with Gasteiger partial charge in [-0.3, -0.25) is 4.72 Å². The third kappa shape index (κ3) is 9.79. The molecule has 2 aromatic carbocycles. The Morgan fingerprint density at radius 2 is 1.17 bits per heavy atom. The molecule has 0 amide bonds. The third-order valence-corrected chi connectivity index (χ3v) is 11.7. The fourth-order valence-electron chi connectivity index (χ4n) is 7.44. The molecule has 52 heavy (non-hydrogen) atoms. The maximum Gasteiger partial charge on any atom is 0.248 e. The van der Waals surface area contributed by atoms with Crippen molar-refractivity contribution < 1.29 is 26.0 Å². The van der Waals surface area contributed by atoms with Gasteiger partial charge in [0.1, 0.15) is 11.6 Å². The van der Waals surface area contributed by atoms with Gasteiger partial charge in [0.25, 0.3) is 0 Å². The maximum absolute atomic E-state index is 13.5. The van der Waals surface area contributed by atoms with Gasteiger partial charge >= 0.3 is 0 Å². The fraction of sp³-hybridized carbons (Fsp3) is 0.641. The average molecular weight is 749 g/mol. The predicted molar refractivity (Wildman–Crippen MR) is 203 cm³/mol. The van der Waals surface area contributed by atoms with Crippen LogP contribution in [0.1, 0.15) is 118 Å². The van der Waals surface area contributed by atoms with E-state index in [1.54, 1.807) is 12.1 Å². The van der Waals surface area contributed by atoms with E-state index in [0.29, 0.717) is 55.5 Å². The van der Waals surface area contributed by atoms with Crippen molar-refractivity contribution in [1.29, 1.82) is 0 Å². The molecule has 2 aliphatic rings. The van der Waals surface area contributed by atoms with Gasteiger partial charge in [-0.05, 0) is 80.3 Å². The van der Waals surface area contributed by atoms with Crippen LogP contribution < -0.4 is 10.5 Å². The number of rotatable bonds is 8. The molecule has 3 N–H and O–H groups in total. The zero-order valence-electron chi connectivity index (χ0n) is 31.7. The van der Waals surface area contributed by atoms with Crippen LogP contribution in [0.2, 0.25) is 0 Å². The number of fused-ring (bicyclic) bond motifs is 2. The normalized spacial score (nSPS) is 18.8. The number of sulfonamides is 1. The lowest BCUT2D eigenvalue weighted by Gasteiger charge is -2.30. The molecule has 13 heteroatoms. The van der Waals surface area contributed by atoms with E-state index < -0.39 is 21.9 Å². The molecule has 0 bridgehead atoms. The smallest absolute Gasteiger partial charge is 0.248 e. The molecule has 0 saturated heterocycles. The van der Waals surface area contributed by atoms with Crippen molar-refractivity contribution in [2.45, 2.75) is 142 Å². The van der Waals surface area contributed by atoms with E-state index in [-0.39, 0.29) is 54.1 Å². The largest absolute Gasteiger partial charge is 0.399 e. The summed E-state index contributed by atoms with van der Waals surface area (Å²) in [5.74, 6) is -2.59. The van der Waals surface area contributed by atoms with Crippen LogP contribution in [0, 0.1) is 11.8 Å². The minimum atomic E-state index is -3.37. The van der Waals surface area contributed by atoms with E-state index in [1.165, 1.54) is 0 Å². The van der Waals surface area contributed by atoms with Gasteiger partial charge in [0.05, 0.1) is 33.5 Å². The summed E-state index contributed by atoms with van der Waals surface area (Å²) in [5.41, 5.74) is 10.3. The lowest BCUT2D eigenvalue weighted by Crippen LogP contribution is -2.28. The summed E-state index contributed by atoms with van der Waals surface area (Å²) in [6.07, 6.45) is 2.59. The number of halogens is 4. The van der Waals surface area contributed by atoms with Crippen LogP contribution >= 0.6 is 0 Å². The van der Waals surface area contributed by atoms with E-state index >= 15 is 0 Å². The first-order valence-corrected chi connectivity index (χ1v) is 20.2. The number of benzene rings is 2. The van der Waals surface area contributed by atoms with Gasteiger partial charge in [-0.2, -0.15) is 0 Å². The number of nitrogens with two attached hydrogens (primary N) is 1. The summed E-state index contributed by atoms with van der Waals surface area (Å²) >= 11 is 0. The summed E-state index contributed by atoms with van der Waals surface area (Å²) in [7, 11) is -3.37. The number of nitrogens with one attached hydrogen (secondary N) is 1. The van der Waals surface area contributed by atoms with Gasteiger partial charge in [0.2, 0.25) is 21.9 Å². The Morgan fingerprint density at radius 1 is 0.750 bits per heavy atom. The number of anilines is 2. The summed E-state index contributed by atoms with van der Waals surface area (Å²) in [6, 6.07) is 11.1. The highest BCUT2D eigenvalue weighted by molar-refractivity contribution is 7.92. The van der Waals surface area contributed by atoms with Crippen LogP contribution in [0.4, 0.5) is 28.9 Å². The van der Waals surface area contributed by atoms with E-state index in [9.17, 15) is 26.0 Å². The summed E-state index contributed by atoms with van der Waals surface area (Å²) in [6.45, 7) is 15.8. The standard InChI is InChI=1S/C21H31F2N3O2S.C18H25F2N3/c1-5-12-29(27,28)25-16-6-7-18-17(13-16)24-19(20(2,3)4)26(18)14-15-8-10-21(22,23)11-9-15;1-17(2,3)16-22-14-10-13(21)4-5-15(14)23(16)11-12-6-8-18(19,20)9-7-12/h6-7,13,15,25H,5,8-12,14H2,1-4H3;4-5,10,12H,6-9,11,21H2,1-3H3. The zero-order valence-corrected chi connectivity index (χ0v) is 32.5. The molecule has 0 atom stereocenters. The quantitative estimate of drug-likeness (QED) is 0.138. The molecule has 0 radical (unpaired) electrons. The Morgan fingerprint density at radius 3 is 1.60 bits per heavy atom. The van der Waals surface area contributed by atoms with Gasteiger partial charge in [-0.25, -0.2) is 35.9 Å². The molecular formula is C39H56F4N6O2S. The second-order valence-electron chi connectivity index (χ2n) is 17.1. The van der Waals surface area contributed by atoms with Gasteiger partial charge in [-0.15, -0.1) is 0 Å². The highest BCUT2D eigenvalue weighted by Crippen LogP contribution is 2.40. The van der Waals surface area contributed by atoms with Crippen LogP contribution in [-0.4, -0.2) is 45.1 Å². The van der Waals surface area contributed by atoms with Crippen LogP contribution in [0.3, 0.4) is 0 Å². The molecule has 288 valence electrons. The molecule has 0 unspecified atom stereocenters. The van der Waals surface area contributed by atoms with Gasteiger partial charge in [0.15, 0.2) is 0 Å². The third-order valence-electron chi connectivity index (χ3n) is 10.2. The highest BCUT2D eigenvalue weighted by Gasteiger charge is 2.37. The van der Waals surface area contributed by atoms with Crippen LogP contribution in [-0.2, 0) is 33.9 Å². The number of hydrogen-bond acceptors (Lipinski definition) is 5. The summed E-state index contributed by atoms with van der Waals surface area (Å²) in [4.78, 5) is 9.57. The number of alkyl halides is 4. The molecule has 2 fully saturated rings. The molecule has 8 nitrogen and oxygen atoms in total. The molecule has 2 saturated carbocycles. The van der Waals surface area contributed by atoms with Crippen molar-refractivity contribution >= 4 is 43.5 Å². The van der Waals surface area contributed by atoms with Gasteiger partial charge in [0, 0.05) is 55.3 Å². The minimum Gasteiger partial charge on any atom is -0.399 e. The summed E-state index contributed by atoms with van der Waals surface area (Å²) in [5, 5.41) is 0. The average Bonchev–Trinajstić information content (AvgIpc) is 3.57. The topological polar surface area (TPSA) is 108 Å². The molecule has 2 aliphatic carbocycles. The van der Waals surface area contributed by atoms with Crippen molar-refractivity contribution in [3.63, 3.8) is 0 Å². The number of imidazole rings is 2. The molecular weight excluding hydrogens is 693 g/mol. The maximum atomic E-state index is 13.5. The second kappa shape index (κ2) is 14.8. The molecule has 2 aromatic heterocycles. The van der Waals surface area contributed by atoms with Crippen LogP contribution in [0.5, 0.6) is 0 Å². The predicted octanol–water partition coefficient (Wildman–Crippen LogP) is 10.1. The lowest BCUT2D eigenvalue weighted by atomic mass is 9.86. The first-order chi connectivity index (χ1) is 24.1. The monoisotopic (exact) mass is 748 g/mol. The van der Waals surface area contributed by atoms with Crippen LogP contribution in [0.15, 0.2) is 36.4 Å². The molecule has 4 aromatic rings.